The molecule has 0 radical (unpaired) electrons. The van der Waals surface area contributed by atoms with E-state index in [-0.39, 0.29) is 18.1 Å². The van der Waals surface area contributed by atoms with Gasteiger partial charge in [-0.15, -0.1) is 5.10 Å². The van der Waals surface area contributed by atoms with Crippen LogP contribution in [0.4, 0.5) is 0 Å². The SMILES string of the molecule is COc1ccc(OC)c(/C=C2\Oc3cc(OCc4cn(CCN5CCCC5)nn4)ccc3C2=O)c1. The van der Waals surface area contributed by atoms with Gasteiger partial charge in [-0.1, -0.05) is 5.21 Å². The molecule has 0 spiro atoms. The molecule has 9 nitrogen and oxygen atoms in total. The number of nitrogens with zero attached hydrogens (tertiary/aromatic N) is 4. The smallest absolute Gasteiger partial charge is 0.231 e. The van der Waals surface area contributed by atoms with Gasteiger partial charge in [-0.05, 0) is 62.3 Å². The molecule has 0 saturated carbocycles. The quantitative estimate of drug-likeness (QED) is 0.433. The van der Waals surface area contributed by atoms with Gasteiger partial charge in [0.2, 0.25) is 5.78 Å². The van der Waals surface area contributed by atoms with Crippen LogP contribution < -0.4 is 18.9 Å². The van der Waals surface area contributed by atoms with Gasteiger partial charge in [-0.3, -0.25) is 9.48 Å². The number of ketones is 1. The first-order valence-electron chi connectivity index (χ1n) is 11.7. The predicted molar refractivity (Wildman–Crippen MR) is 129 cm³/mol. The van der Waals surface area contributed by atoms with Crippen molar-refractivity contribution in [3.8, 4) is 23.0 Å². The molecule has 2 aromatic carbocycles. The van der Waals surface area contributed by atoms with Crippen molar-refractivity contribution in [3.05, 3.63) is 65.2 Å². The van der Waals surface area contributed by atoms with Crippen LogP contribution in [0.2, 0.25) is 0 Å². The third-order valence-corrected chi connectivity index (χ3v) is 6.18. The average Bonchev–Trinajstić information content (AvgIpc) is 3.63. The van der Waals surface area contributed by atoms with E-state index in [4.69, 9.17) is 18.9 Å². The van der Waals surface area contributed by atoms with Gasteiger partial charge in [0.05, 0.1) is 32.5 Å². The van der Waals surface area contributed by atoms with Crippen molar-refractivity contribution in [2.75, 3.05) is 33.9 Å². The highest BCUT2D eigenvalue weighted by Gasteiger charge is 2.28. The highest BCUT2D eigenvalue weighted by atomic mass is 16.5. The maximum atomic E-state index is 12.9. The highest BCUT2D eigenvalue weighted by molar-refractivity contribution is 6.14. The summed E-state index contributed by atoms with van der Waals surface area (Å²) in [6.45, 7) is 4.40. The first kappa shape index (κ1) is 22.9. The van der Waals surface area contributed by atoms with Crippen molar-refractivity contribution in [3.63, 3.8) is 0 Å². The summed E-state index contributed by atoms with van der Waals surface area (Å²) in [6.07, 6.45) is 6.12. The zero-order chi connectivity index (χ0) is 24.2. The summed E-state index contributed by atoms with van der Waals surface area (Å²) in [5.41, 5.74) is 1.92. The normalized spacial score (nSPS) is 16.4. The van der Waals surface area contributed by atoms with Crippen LogP contribution in [0.15, 0.2) is 48.4 Å². The van der Waals surface area contributed by atoms with E-state index < -0.39 is 0 Å². The van der Waals surface area contributed by atoms with Crippen molar-refractivity contribution < 1.29 is 23.7 Å². The number of fused-ring (bicyclic) bond motifs is 1. The Kier molecular flexibility index (Phi) is 6.67. The van der Waals surface area contributed by atoms with Crippen LogP contribution in [-0.4, -0.2) is 59.5 Å². The number of likely N-dealkylation sites (tertiary alicyclic amines) is 1. The van der Waals surface area contributed by atoms with Crippen molar-refractivity contribution >= 4 is 11.9 Å². The third-order valence-electron chi connectivity index (χ3n) is 6.18. The topological polar surface area (TPSA) is 87.9 Å². The minimum absolute atomic E-state index is 0.197. The van der Waals surface area contributed by atoms with Crippen LogP contribution in [0, 0.1) is 0 Å². The van der Waals surface area contributed by atoms with Gasteiger partial charge in [0.1, 0.15) is 35.3 Å². The summed E-state index contributed by atoms with van der Waals surface area (Å²) in [5, 5.41) is 8.40. The van der Waals surface area contributed by atoms with Gasteiger partial charge < -0.3 is 23.8 Å². The fraction of sp³-hybridized carbons (Fsp3) is 0.346. The molecule has 9 heteroatoms. The lowest BCUT2D eigenvalue weighted by Gasteiger charge is -2.13. The number of ether oxygens (including phenoxy) is 4. The third kappa shape index (κ3) is 5.14. The molecule has 1 fully saturated rings. The van der Waals surface area contributed by atoms with Crippen molar-refractivity contribution in [1.29, 1.82) is 0 Å². The summed E-state index contributed by atoms with van der Waals surface area (Å²) < 4.78 is 24.3. The number of carbonyl (C=O) groups excluding carboxylic acids is 1. The second-order valence-electron chi connectivity index (χ2n) is 8.52. The second kappa shape index (κ2) is 10.2. The molecule has 1 aromatic heterocycles. The van der Waals surface area contributed by atoms with E-state index in [0.29, 0.717) is 34.1 Å². The number of methoxy groups -OCH3 is 2. The number of benzene rings is 2. The number of aromatic nitrogens is 3. The van der Waals surface area contributed by atoms with Crippen LogP contribution in [-0.2, 0) is 13.2 Å². The minimum Gasteiger partial charge on any atom is -0.497 e. The monoisotopic (exact) mass is 476 g/mol. The van der Waals surface area contributed by atoms with E-state index in [1.54, 1.807) is 56.7 Å². The molecule has 182 valence electrons. The fourth-order valence-electron chi connectivity index (χ4n) is 4.27. The molecule has 0 N–H and O–H groups in total. The van der Waals surface area contributed by atoms with Gasteiger partial charge in [-0.25, -0.2) is 0 Å². The molecule has 35 heavy (non-hydrogen) atoms. The van der Waals surface area contributed by atoms with Gasteiger partial charge in [-0.2, -0.15) is 0 Å². The van der Waals surface area contributed by atoms with Crippen molar-refractivity contribution in [1.82, 2.24) is 19.9 Å². The molecule has 0 bridgehead atoms. The lowest BCUT2D eigenvalue weighted by molar-refractivity contribution is 0.101. The Labute approximate surface area is 203 Å². The molecule has 3 heterocycles. The maximum absolute atomic E-state index is 12.9. The Bertz CT molecular complexity index is 1250. The van der Waals surface area contributed by atoms with Crippen molar-refractivity contribution in [2.24, 2.45) is 0 Å². The first-order chi connectivity index (χ1) is 17.1. The molecule has 0 unspecified atom stereocenters. The second-order valence-corrected chi connectivity index (χ2v) is 8.52. The zero-order valence-electron chi connectivity index (χ0n) is 19.9. The summed E-state index contributed by atoms with van der Waals surface area (Å²) in [6, 6.07) is 10.6. The van der Waals surface area contributed by atoms with E-state index in [1.807, 2.05) is 10.9 Å². The number of rotatable bonds is 9. The Morgan fingerprint density at radius 1 is 1.03 bits per heavy atom. The number of Topliss-reactive ketones (excluding diaryl/α,β-unsaturated/α-hetero) is 1. The molecule has 2 aliphatic rings. The average molecular weight is 477 g/mol. The zero-order valence-corrected chi connectivity index (χ0v) is 19.9. The van der Waals surface area contributed by atoms with Gasteiger partial charge in [0, 0.05) is 18.2 Å². The number of hydrogen-bond donors (Lipinski definition) is 0. The van der Waals surface area contributed by atoms with Crippen LogP contribution in [0.3, 0.4) is 0 Å². The largest absolute Gasteiger partial charge is 0.497 e. The van der Waals surface area contributed by atoms with Gasteiger partial charge in [0.25, 0.3) is 0 Å². The van der Waals surface area contributed by atoms with E-state index in [9.17, 15) is 4.79 Å². The molecule has 0 atom stereocenters. The molecule has 1 saturated heterocycles. The summed E-state index contributed by atoms with van der Waals surface area (Å²) in [4.78, 5) is 15.3. The van der Waals surface area contributed by atoms with E-state index in [0.717, 1.165) is 31.9 Å². The fourth-order valence-corrected chi connectivity index (χ4v) is 4.27. The summed E-state index contributed by atoms with van der Waals surface area (Å²) >= 11 is 0. The molecular formula is C26H28N4O5. The number of carbonyl (C=O) groups is 1. The number of allylic oxidation sites excluding steroid dienone is 1. The summed E-state index contributed by atoms with van der Waals surface area (Å²) in [5.74, 6) is 2.33. The predicted octanol–water partition coefficient (Wildman–Crippen LogP) is 3.59. The standard InChI is InChI=1S/C26H28N4O5/c1-32-20-6-8-23(33-2)18(13-20)14-25-26(31)22-7-5-21(15-24(22)35-25)34-17-19-16-30(28-27-19)12-11-29-9-3-4-10-29/h5-8,13-16H,3-4,9-12,17H2,1-2H3/b25-14-. The summed E-state index contributed by atoms with van der Waals surface area (Å²) in [7, 11) is 3.16. The lowest BCUT2D eigenvalue weighted by Crippen LogP contribution is -2.24. The Morgan fingerprint density at radius 2 is 1.86 bits per heavy atom. The highest BCUT2D eigenvalue weighted by Crippen LogP contribution is 2.36. The van der Waals surface area contributed by atoms with Crippen LogP contribution in [0.25, 0.3) is 6.08 Å². The Morgan fingerprint density at radius 3 is 2.66 bits per heavy atom. The van der Waals surface area contributed by atoms with Crippen LogP contribution >= 0.6 is 0 Å². The first-order valence-corrected chi connectivity index (χ1v) is 11.7. The molecule has 0 amide bonds. The molecule has 0 aliphatic carbocycles. The van der Waals surface area contributed by atoms with Gasteiger partial charge in [0.15, 0.2) is 5.76 Å². The van der Waals surface area contributed by atoms with E-state index in [2.05, 4.69) is 15.2 Å². The molecule has 3 aromatic rings. The number of hydrogen-bond acceptors (Lipinski definition) is 8. The van der Waals surface area contributed by atoms with Crippen molar-refractivity contribution in [2.45, 2.75) is 26.0 Å². The Hall–Kier alpha value is -3.85. The van der Waals surface area contributed by atoms with Crippen LogP contribution in [0.5, 0.6) is 23.0 Å². The molecular weight excluding hydrogens is 448 g/mol. The molecule has 5 rings (SSSR count). The minimum atomic E-state index is -0.197. The van der Waals surface area contributed by atoms with E-state index in [1.165, 1.54) is 12.8 Å². The van der Waals surface area contributed by atoms with Gasteiger partial charge >= 0.3 is 0 Å². The van der Waals surface area contributed by atoms with Crippen LogP contribution in [0.1, 0.15) is 34.5 Å². The Balaban J connectivity index is 1.23. The lowest BCUT2D eigenvalue weighted by atomic mass is 10.1. The van der Waals surface area contributed by atoms with E-state index >= 15 is 0 Å². The molecule has 2 aliphatic heterocycles. The maximum Gasteiger partial charge on any atom is 0.231 e.